The van der Waals surface area contributed by atoms with Gasteiger partial charge in [-0.1, -0.05) is 48.5 Å². The molecule has 2 nitrogen and oxygen atoms in total. The van der Waals surface area contributed by atoms with Crippen molar-refractivity contribution in [3.63, 3.8) is 0 Å². The molecule has 0 aromatic heterocycles. The first-order valence-electron chi connectivity index (χ1n) is 6.94. The Hall–Kier alpha value is -1.80. The van der Waals surface area contributed by atoms with Gasteiger partial charge in [-0.05, 0) is 25.0 Å². The monoisotopic (exact) mass is 253 g/mol. The van der Waals surface area contributed by atoms with Crippen LogP contribution < -0.4 is 4.74 Å². The van der Waals surface area contributed by atoms with E-state index in [4.69, 9.17) is 4.74 Å². The molecule has 0 N–H and O–H groups in total. The molecule has 19 heavy (non-hydrogen) atoms. The Morgan fingerprint density at radius 1 is 0.789 bits per heavy atom. The molecule has 0 saturated carbocycles. The highest BCUT2D eigenvalue weighted by Gasteiger charge is 2.24. The van der Waals surface area contributed by atoms with Crippen molar-refractivity contribution in [1.82, 2.24) is 4.90 Å². The van der Waals surface area contributed by atoms with Crippen molar-refractivity contribution >= 4 is 0 Å². The summed E-state index contributed by atoms with van der Waals surface area (Å²) in [5, 5.41) is 0. The second-order valence-corrected chi connectivity index (χ2v) is 4.94. The van der Waals surface area contributed by atoms with Crippen LogP contribution in [0.1, 0.15) is 24.6 Å². The lowest BCUT2D eigenvalue weighted by atomic mass is 10.2. The molecule has 1 saturated heterocycles. The molecule has 1 unspecified atom stereocenters. The van der Waals surface area contributed by atoms with Crippen molar-refractivity contribution in [3.8, 4) is 5.75 Å². The van der Waals surface area contributed by atoms with Crippen LogP contribution in [0.5, 0.6) is 5.75 Å². The molecule has 0 amide bonds. The van der Waals surface area contributed by atoms with Gasteiger partial charge in [0.05, 0.1) is 0 Å². The van der Waals surface area contributed by atoms with E-state index in [1.165, 1.54) is 18.4 Å². The third-order valence-electron chi connectivity index (χ3n) is 3.55. The molecule has 1 aliphatic rings. The Kier molecular flexibility index (Phi) is 3.80. The van der Waals surface area contributed by atoms with E-state index in [0.29, 0.717) is 0 Å². The van der Waals surface area contributed by atoms with Gasteiger partial charge in [0.25, 0.3) is 0 Å². The molecule has 1 fully saturated rings. The highest BCUT2D eigenvalue weighted by atomic mass is 16.5. The number of nitrogens with zero attached hydrogens (tertiary/aromatic N) is 1. The lowest BCUT2D eigenvalue weighted by Crippen LogP contribution is -2.29. The Balaban J connectivity index is 1.84. The zero-order chi connectivity index (χ0) is 12.9. The number of likely N-dealkylation sites (tertiary alicyclic amines) is 1. The van der Waals surface area contributed by atoms with Gasteiger partial charge in [-0.25, -0.2) is 0 Å². The summed E-state index contributed by atoms with van der Waals surface area (Å²) >= 11 is 0. The Morgan fingerprint density at radius 3 is 2.00 bits per heavy atom. The van der Waals surface area contributed by atoms with E-state index in [2.05, 4.69) is 29.2 Å². The summed E-state index contributed by atoms with van der Waals surface area (Å²) in [7, 11) is 0. The van der Waals surface area contributed by atoms with Gasteiger partial charge in [-0.15, -0.1) is 0 Å². The minimum Gasteiger partial charge on any atom is -0.471 e. The van der Waals surface area contributed by atoms with Gasteiger partial charge in [-0.3, -0.25) is 4.90 Å². The molecule has 0 bridgehead atoms. The smallest absolute Gasteiger partial charge is 0.178 e. The summed E-state index contributed by atoms with van der Waals surface area (Å²) in [5.74, 6) is 0.934. The minimum absolute atomic E-state index is 0.0334. The Morgan fingerprint density at radius 2 is 1.37 bits per heavy atom. The fourth-order valence-electron chi connectivity index (χ4n) is 2.58. The average Bonchev–Trinajstić information content (AvgIpc) is 3.01. The molecule has 2 aromatic carbocycles. The lowest BCUT2D eigenvalue weighted by Gasteiger charge is -2.28. The molecule has 2 aromatic rings. The van der Waals surface area contributed by atoms with Gasteiger partial charge in [0.1, 0.15) is 5.75 Å². The fraction of sp³-hybridized carbons (Fsp3) is 0.294. The lowest BCUT2D eigenvalue weighted by molar-refractivity contribution is 0.0421. The third kappa shape index (κ3) is 2.96. The van der Waals surface area contributed by atoms with E-state index in [1.54, 1.807) is 0 Å². The van der Waals surface area contributed by atoms with Crippen LogP contribution in [0.2, 0.25) is 0 Å². The van der Waals surface area contributed by atoms with Crippen molar-refractivity contribution in [2.45, 2.75) is 19.1 Å². The van der Waals surface area contributed by atoms with E-state index in [1.807, 2.05) is 36.4 Å². The topological polar surface area (TPSA) is 12.5 Å². The number of hydrogen-bond donors (Lipinski definition) is 0. The van der Waals surface area contributed by atoms with Gasteiger partial charge in [0.2, 0.25) is 0 Å². The molecule has 98 valence electrons. The van der Waals surface area contributed by atoms with E-state index in [0.717, 1.165) is 18.8 Å². The SMILES string of the molecule is c1ccc(OC(c2ccccc2)N2CCCC2)cc1. The summed E-state index contributed by atoms with van der Waals surface area (Å²) < 4.78 is 6.21. The summed E-state index contributed by atoms with van der Waals surface area (Å²) in [6, 6.07) is 20.6. The maximum absolute atomic E-state index is 6.21. The Labute approximate surface area is 114 Å². The van der Waals surface area contributed by atoms with E-state index in [-0.39, 0.29) is 6.23 Å². The number of hydrogen-bond acceptors (Lipinski definition) is 2. The summed E-state index contributed by atoms with van der Waals surface area (Å²) in [5.41, 5.74) is 1.23. The predicted molar refractivity (Wildman–Crippen MR) is 77.1 cm³/mol. The molecule has 1 atom stereocenters. The second kappa shape index (κ2) is 5.89. The van der Waals surface area contributed by atoms with Crippen LogP contribution in [0.25, 0.3) is 0 Å². The molecular weight excluding hydrogens is 234 g/mol. The van der Waals surface area contributed by atoms with Crippen LogP contribution >= 0.6 is 0 Å². The van der Waals surface area contributed by atoms with Crippen molar-refractivity contribution in [1.29, 1.82) is 0 Å². The first kappa shape index (κ1) is 12.2. The number of benzene rings is 2. The molecule has 1 aliphatic heterocycles. The van der Waals surface area contributed by atoms with Crippen LogP contribution in [0.4, 0.5) is 0 Å². The highest BCUT2D eigenvalue weighted by Crippen LogP contribution is 2.28. The molecular formula is C17H19NO. The maximum Gasteiger partial charge on any atom is 0.178 e. The van der Waals surface area contributed by atoms with Crippen molar-refractivity contribution in [3.05, 3.63) is 66.2 Å². The molecule has 1 heterocycles. The normalized spacial score (nSPS) is 17.3. The zero-order valence-electron chi connectivity index (χ0n) is 11.0. The minimum atomic E-state index is 0.0334. The van der Waals surface area contributed by atoms with Crippen LogP contribution in [0.15, 0.2) is 60.7 Å². The number of rotatable bonds is 4. The molecule has 0 radical (unpaired) electrons. The largest absolute Gasteiger partial charge is 0.471 e. The van der Waals surface area contributed by atoms with Crippen LogP contribution in [0.3, 0.4) is 0 Å². The zero-order valence-corrected chi connectivity index (χ0v) is 11.0. The molecule has 0 spiro atoms. The molecule has 0 aliphatic carbocycles. The number of para-hydroxylation sites is 1. The van der Waals surface area contributed by atoms with Crippen molar-refractivity contribution in [2.24, 2.45) is 0 Å². The Bertz CT molecular complexity index is 491. The molecule has 2 heteroatoms. The number of ether oxygens (including phenoxy) is 1. The fourth-order valence-corrected chi connectivity index (χ4v) is 2.58. The third-order valence-corrected chi connectivity index (χ3v) is 3.55. The predicted octanol–water partition coefficient (Wildman–Crippen LogP) is 3.86. The average molecular weight is 253 g/mol. The summed E-state index contributed by atoms with van der Waals surface area (Å²) in [4.78, 5) is 2.42. The standard InChI is InChI=1S/C17H19NO/c1-3-9-15(10-4-1)17(18-13-7-8-14-18)19-16-11-5-2-6-12-16/h1-6,9-12,17H,7-8,13-14H2. The first-order chi connectivity index (χ1) is 9.43. The van der Waals surface area contributed by atoms with E-state index in [9.17, 15) is 0 Å². The van der Waals surface area contributed by atoms with Gasteiger partial charge in [-0.2, -0.15) is 0 Å². The second-order valence-electron chi connectivity index (χ2n) is 4.94. The van der Waals surface area contributed by atoms with Crippen molar-refractivity contribution < 1.29 is 4.74 Å². The summed E-state index contributed by atoms with van der Waals surface area (Å²) in [6.07, 6.45) is 2.56. The van der Waals surface area contributed by atoms with Crippen LogP contribution in [0, 0.1) is 0 Å². The van der Waals surface area contributed by atoms with Gasteiger partial charge < -0.3 is 4.74 Å². The van der Waals surface area contributed by atoms with Gasteiger partial charge in [0.15, 0.2) is 6.23 Å². The van der Waals surface area contributed by atoms with E-state index < -0.39 is 0 Å². The van der Waals surface area contributed by atoms with Crippen LogP contribution in [-0.4, -0.2) is 18.0 Å². The van der Waals surface area contributed by atoms with Crippen molar-refractivity contribution in [2.75, 3.05) is 13.1 Å². The molecule has 3 rings (SSSR count). The maximum atomic E-state index is 6.21. The van der Waals surface area contributed by atoms with Gasteiger partial charge in [0, 0.05) is 18.7 Å². The summed E-state index contributed by atoms with van der Waals surface area (Å²) in [6.45, 7) is 2.23. The first-order valence-corrected chi connectivity index (χ1v) is 6.94. The van der Waals surface area contributed by atoms with Crippen LogP contribution in [-0.2, 0) is 0 Å². The quantitative estimate of drug-likeness (QED) is 0.820. The van der Waals surface area contributed by atoms with E-state index >= 15 is 0 Å². The van der Waals surface area contributed by atoms with Gasteiger partial charge >= 0.3 is 0 Å². The highest BCUT2D eigenvalue weighted by molar-refractivity contribution is 5.24.